The van der Waals surface area contributed by atoms with E-state index in [4.69, 9.17) is 5.73 Å². The van der Waals surface area contributed by atoms with Gasteiger partial charge in [0.25, 0.3) is 0 Å². The van der Waals surface area contributed by atoms with Crippen molar-refractivity contribution >= 4 is 5.78 Å². The molecule has 15 heavy (non-hydrogen) atoms. The molecule has 0 atom stereocenters. The third-order valence-corrected chi connectivity index (χ3v) is 3.06. The Balaban J connectivity index is 1.73. The Morgan fingerprint density at radius 3 is 2.53 bits per heavy atom. The van der Waals surface area contributed by atoms with E-state index in [1.54, 1.807) is 0 Å². The van der Waals surface area contributed by atoms with Crippen molar-refractivity contribution in [2.75, 3.05) is 0 Å². The monoisotopic (exact) mass is 203 g/mol. The minimum atomic E-state index is -0.434. The van der Waals surface area contributed by atoms with Gasteiger partial charge in [0.2, 0.25) is 0 Å². The Kier molecular flexibility index (Phi) is 2.87. The number of hydrogen-bond donors (Lipinski definition) is 1. The second kappa shape index (κ2) is 4.15. The second-order valence-corrected chi connectivity index (χ2v) is 4.42. The number of nitrogens with two attached hydrogens (primary N) is 1. The molecule has 0 saturated heterocycles. The van der Waals surface area contributed by atoms with Crippen LogP contribution in [0.5, 0.6) is 0 Å². The molecule has 0 spiro atoms. The van der Waals surface area contributed by atoms with Crippen molar-refractivity contribution < 1.29 is 4.79 Å². The SMILES string of the molecule is NC1(C(=O)CCCc2ccccc2)CC1. The highest BCUT2D eigenvalue weighted by Gasteiger charge is 2.44. The molecule has 0 unspecified atom stereocenters. The zero-order valence-corrected chi connectivity index (χ0v) is 8.91. The van der Waals surface area contributed by atoms with E-state index in [0.29, 0.717) is 6.42 Å². The summed E-state index contributed by atoms with van der Waals surface area (Å²) in [5.74, 6) is 0.249. The number of ketones is 1. The zero-order chi connectivity index (χ0) is 10.7. The topological polar surface area (TPSA) is 43.1 Å². The molecular formula is C13H17NO. The average Bonchev–Trinajstić information content (AvgIpc) is 2.99. The van der Waals surface area contributed by atoms with Gasteiger partial charge in [0.1, 0.15) is 0 Å². The van der Waals surface area contributed by atoms with E-state index in [9.17, 15) is 4.79 Å². The normalized spacial score (nSPS) is 17.4. The van der Waals surface area contributed by atoms with Gasteiger partial charge >= 0.3 is 0 Å². The first-order valence-corrected chi connectivity index (χ1v) is 5.57. The summed E-state index contributed by atoms with van der Waals surface area (Å²) in [7, 11) is 0. The first kappa shape index (κ1) is 10.4. The number of hydrogen-bond acceptors (Lipinski definition) is 2. The van der Waals surface area contributed by atoms with Gasteiger partial charge in [-0.05, 0) is 31.2 Å². The van der Waals surface area contributed by atoms with Crippen LogP contribution in [0.2, 0.25) is 0 Å². The smallest absolute Gasteiger partial charge is 0.152 e. The predicted molar refractivity (Wildman–Crippen MR) is 60.5 cm³/mol. The molecule has 0 heterocycles. The van der Waals surface area contributed by atoms with Gasteiger partial charge in [-0.2, -0.15) is 0 Å². The Labute approximate surface area is 90.5 Å². The Bertz CT molecular complexity index is 341. The van der Waals surface area contributed by atoms with Crippen LogP contribution in [0.25, 0.3) is 0 Å². The minimum absolute atomic E-state index is 0.249. The van der Waals surface area contributed by atoms with Crippen LogP contribution >= 0.6 is 0 Å². The standard InChI is InChI=1S/C13H17NO/c14-13(9-10-13)12(15)8-4-7-11-5-2-1-3-6-11/h1-3,5-6H,4,7-10,14H2. The van der Waals surface area contributed by atoms with E-state index >= 15 is 0 Å². The van der Waals surface area contributed by atoms with Gasteiger partial charge in [0, 0.05) is 6.42 Å². The van der Waals surface area contributed by atoms with Crippen LogP contribution in [-0.2, 0) is 11.2 Å². The summed E-state index contributed by atoms with van der Waals surface area (Å²) in [5.41, 5.74) is 6.68. The first-order valence-electron chi connectivity index (χ1n) is 5.57. The average molecular weight is 203 g/mol. The van der Waals surface area contributed by atoms with Gasteiger partial charge in [-0.1, -0.05) is 30.3 Å². The molecule has 1 aromatic carbocycles. The van der Waals surface area contributed by atoms with Gasteiger partial charge in [-0.25, -0.2) is 0 Å². The lowest BCUT2D eigenvalue weighted by molar-refractivity contribution is -0.121. The summed E-state index contributed by atoms with van der Waals surface area (Å²) >= 11 is 0. The summed E-state index contributed by atoms with van der Waals surface area (Å²) in [5, 5.41) is 0. The molecule has 1 saturated carbocycles. The van der Waals surface area contributed by atoms with Crippen LogP contribution in [0.15, 0.2) is 30.3 Å². The highest BCUT2D eigenvalue weighted by Crippen LogP contribution is 2.34. The van der Waals surface area contributed by atoms with Crippen LogP contribution in [0, 0.1) is 0 Å². The number of Topliss-reactive ketones (excluding diaryl/α,β-unsaturated/α-hetero) is 1. The van der Waals surface area contributed by atoms with Crippen LogP contribution in [0.3, 0.4) is 0 Å². The van der Waals surface area contributed by atoms with E-state index in [0.717, 1.165) is 25.7 Å². The van der Waals surface area contributed by atoms with Crippen LogP contribution in [0.1, 0.15) is 31.2 Å². The van der Waals surface area contributed by atoms with Crippen LogP contribution < -0.4 is 5.73 Å². The summed E-state index contributed by atoms with van der Waals surface area (Å²) in [6, 6.07) is 10.3. The molecule has 2 heteroatoms. The van der Waals surface area contributed by atoms with E-state index in [2.05, 4.69) is 12.1 Å². The van der Waals surface area contributed by atoms with Crippen molar-refractivity contribution in [2.45, 2.75) is 37.6 Å². The number of benzene rings is 1. The lowest BCUT2D eigenvalue weighted by Crippen LogP contribution is -2.32. The van der Waals surface area contributed by atoms with E-state index < -0.39 is 5.54 Å². The lowest BCUT2D eigenvalue weighted by Gasteiger charge is -2.06. The largest absolute Gasteiger partial charge is 0.319 e. The van der Waals surface area contributed by atoms with Crippen LogP contribution in [0.4, 0.5) is 0 Å². The Morgan fingerprint density at radius 2 is 1.93 bits per heavy atom. The van der Waals surface area contributed by atoms with Crippen molar-refractivity contribution in [3.8, 4) is 0 Å². The predicted octanol–water partition coefficient (Wildman–Crippen LogP) is 2.07. The Morgan fingerprint density at radius 1 is 1.27 bits per heavy atom. The third kappa shape index (κ3) is 2.66. The molecule has 0 amide bonds. The Hall–Kier alpha value is -1.15. The van der Waals surface area contributed by atoms with Crippen molar-refractivity contribution in [1.82, 2.24) is 0 Å². The molecule has 0 bridgehead atoms. The number of aryl methyl sites for hydroxylation is 1. The van der Waals surface area contributed by atoms with E-state index in [1.807, 2.05) is 18.2 Å². The molecule has 1 aromatic rings. The summed E-state index contributed by atoms with van der Waals surface area (Å²) in [6.07, 6.45) is 4.30. The molecule has 2 rings (SSSR count). The maximum atomic E-state index is 11.6. The molecule has 0 radical (unpaired) electrons. The molecule has 1 aliphatic carbocycles. The van der Waals surface area contributed by atoms with Gasteiger partial charge in [-0.3, -0.25) is 4.79 Å². The maximum absolute atomic E-state index is 11.6. The molecule has 1 fully saturated rings. The highest BCUT2D eigenvalue weighted by atomic mass is 16.1. The van der Waals surface area contributed by atoms with Gasteiger partial charge in [0.05, 0.1) is 5.54 Å². The summed E-state index contributed by atoms with van der Waals surface area (Å²) in [6.45, 7) is 0. The quantitative estimate of drug-likeness (QED) is 0.796. The van der Waals surface area contributed by atoms with Gasteiger partial charge in [0.15, 0.2) is 5.78 Å². The first-order chi connectivity index (χ1) is 7.21. The van der Waals surface area contributed by atoms with Gasteiger partial charge < -0.3 is 5.73 Å². The number of rotatable bonds is 5. The van der Waals surface area contributed by atoms with Crippen molar-refractivity contribution in [3.05, 3.63) is 35.9 Å². The molecule has 2 N–H and O–H groups in total. The molecular weight excluding hydrogens is 186 g/mol. The number of carbonyl (C=O) groups excluding carboxylic acids is 1. The summed E-state index contributed by atoms with van der Waals surface area (Å²) in [4.78, 5) is 11.6. The van der Waals surface area contributed by atoms with Crippen molar-refractivity contribution in [1.29, 1.82) is 0 Å². The van der Waals surface area contributed by atoms with E-state index in [-0.39, 0.29) is 5.78 Å². The van der Waals surface area contributed by atoms with Crippen LogP contribution in [-0.4, -0.2) is 11.3 Å². The lowest BCUT2D eigenvalue weighted by atomic mass is 10.0. The third-order valence-electron chi connectivity index (χ3n) is 3.06. The molecule has 2 nitrogen and oxygen atoms in total. The molecule has 80 valence electrons. The zero-order valence-electron chi connectivity index (χ0n) is 8.91. The fraction of sp³-hybridized carbons (Fsp3) is 0.462. The van der Waals surface area contributed by atoms with E-state index in [1.165, 1.54) is 5.56 Å². The minimum Gasteiger partial charge on any atom is -0.319 e. The highest BCUT2D eigenvalue weighted by molar-refractivity contribution is 5.90. The second-order valence-electron chi connectivity index (χ2n) is 4.42. The van der Waals surface area contributed by atoms with Gasteiger partial charge in [-0.15, -0.1) is 0 Å². The van der Waals surface area contributed by atoms with Crippen molar-refractivity contribution in [2.24, 2.45) is 5.73 Å². The number of carbonyl (C=O) groups is 1. The fourth-order valence-corrected chi connectivity index (χ4v) is 1.76. The molecule has 0 aliphatic heterocycles. The summed E-state index contributed by atoms with van der Waals surface area (Å²) < 4.78 is 0. The molecule has 1 aliphatic rings. The molecule has 0 aromatic heterocycles. The maximum Gasteiger partial charge on any atom is 0.152 e. The fourth-order valence-electron chi connectivity index (χ4n) is 1.76. The van der Waals surface area contributed by atoms with Crippen molar-refractivity contribution in [3.63, 3.8) is 0 Å².